The Kier molecular flexibility index (Phi) is 8.20. The van der Waals surface area contributed by atoms with Crippen molar-refractivity contribution in [2.24, 2.45) is 0 Å². The summed E-state index contributed by atoms with van der Waals surface area (Å²) in [6.07, 6.45) is 5.80. The van der Waals surface area contributed by atoms with Crippen molar-refractivity contribution in [1.29, 1.82) is 0 Å². The van der Waals surface area contributed by atoms with Gasteiger partial charge in [-0.15, -0.1) is 0 Å². The first kappa shape index (κ1) is 20.0. The smallest absolute Gasteiger partial charge is 0.343 e. The van der Waals surface area contributed by atoms with Gasteiger partial charge in [-0.3, -0.25) is 0 Å². The molecular formula is C23H30O3. The van der Waals surface area contributed by atoms with Gasteiger partial charge in [-0.05, 0) is 60.7 Å². The van der Waals surface area contributed by atoms with E-state index in [0.717, 1.165) is 18.6 Å². The van der Waals surface area contributed by atoms with Crippen LogP contribution in [0.15, 0.2) is 48.5 Å². The van der Waals surface area contributed by atoms with Crippen LogP contribution in [0.25, 0.3) is 0 Å². The van der Waals surface area contributed by atoms with Crippen LogP contribution in [-0.2, 0) is 0 Å². The van der Waals surface area contributed by atoms with E-state index < -0.39 is 0 Å². The van der Waals surface area contributed by atoms with E-state index in [4.69, 9.17) is 9.47 Å². The van der Waals surface area contributed by atoms with Gasteiger partial charge in [-0.1, -0.05) is 52.2 Å². The van der Waals surface area contributed by atoms with Gasteiger partial charge < -0.3 is 9.47 Å². The van der Waals surface area contributed by atoms with Crippen LogP contribution in [0.3, 0.4) is 0 Å². The molecule has 0 aliphatic heterocycles. The Morgan fingerprint density at radius 1 is 0.885 bits per heavy atom. The number of rotatable bonds is 10. The molecule has 0 amide bonds. The molecule has 1 unspecified atom stereocenters. The van der Waals surface area contributed by atoms with Gasteiger partial charge in [0.2, 0.25) is 0 Å². The summed E-state index contributed by atoms with van der Waals surface area (Å²) in [6.45, 7) is 7.26. The lowest BCUT2D eigenvalue weighted by Crippen LogP contribution is -2.08. The number of unbranched alkanes of at least 4 members (excludes halogenated alkanes) is 3. The molecule has 0 fully saturated rings. The minimum atomic E-state index is -0.351. The lowest BCUT2D eigenvalue weighted by atomic mass is 9.99. The summed E-state index contributed by atoms with van der Waals surface area (Å²) in [4.78, 5) is 12.3. The van der Waals surface area contributed by atoms with Crippen molar-refractivity contribution in [2.45, 2.75) is 58.8 Å². The largest absolute Gasteiger partial charge is 0.494 e. The molecule has 0 aromatic heterocycles. The molecule has 0 aliphatic rings. The summed E-state index contributed by atoms with van der Waals surface area (Å²) in [6, 6.07) is 14.9. The van der Waals surface area contributed by atoms with Crippen LogP contribution >= 0.6 is 0 Å². The molecule has 140 valence electrons. The van der Waals surface area contributed by atoms with Crippen molar-refractivity contribution in [3.8, 4) is 11.5 Å². The summed E-state index contributed by atoms with van der Waals surface area (Å²) in [5, 5.41) is 0. The molecule has 0 N–H and O–H groups in total. The van der Waals surface area contributed by atoms with Crippen LogP contribution < -0.4 is 9.47 Å². The Bertz CT molecular complexity index is 659. The SMILES string of the molecule is CCCCCCOc1ccc(C(=O)Oc2ccc(C(C)CC)cc2)cc1. The Balaban J connectivity index is 1.85. The molecule has 2 rings (SSSR count). The van der Waals surface area contributed by atoms with E-state index >= 15 is 0 Å². The first-order valence-corrected chi connectivity index (χ1v) is 9.69. The normalized spacial score (nSPS) is 11.8. The van der Waals surface area contributed by atoms with Gasteiger partial charge in [0.15, 0.2) is 0 Å². The van der Waals surface area contributed by atoms with Crippen molar-refractivity contribution in [2.75, 3.05) is 6.61 Å². The second kappa shape index (κ2) is 10.6. The van der Waals surface area contributed by atoms with E-state index in [0.29, 0.717) is 23.8 Å². The average molecular weight is 354 g/mol. The molecule has 1 atom stereocenters. The maximum Gasteiger partial charge on any atom is 0.343 e. The Morgan fingerprint density at radius 3 is 2.15 bits per heavy atom. The van der Waals surface area contributed by atoms with E-state index in [1.165, 1.54) is 24.8 Å². The summed E-state index contributed by atoms with van der Waals surface area (Å²) in [7, 11) is 0. The van der Waals surface area contributed by atoms with Crippen molar-refractivity contribution in [3.05, 3.63) is 59.7 Å². The molecule has 0 bridgehead atoms. The van der Waals surface area contributed by atoms with Crippen molar-refractivity contribution < 1.29 is 14.3 Å². The summed E-state index contributed by atoms with van der Waals surface area (Å²) in [5.41, 5.74) is 1.78. The lowest BCUT2D eigenvalue weighted by Gasteiger charge is -2.10. The van der Waals surface area contributed by atoms with Gasteiger partial charge in [0, 0.05) is 0 Å². The number of hydrogen-bond acceptors (Lipinski definition) is 3. The molecule has 3 heteroatoms. The predicted octanol–water partition coefficient (Wildman–Crippen LogP) is 6.38. The summed E-state index contributed by atoms with van der Waals surface area (Å²) in [5.74, 6) is 1.51. The fourth-order valence-corrected chi connectivity index (χ4v) is 2.67. The molecule has 0 aliphatic carbocycles. The Hall–Kier alpha value is -2.29. The third-order valence-electron chi connectivity index (χ3n) is 4.63. The van der Waals surface area contributed by atoms with E-state index in [-0.39, 0.29) is 5.97 Å². The molecule has 0 saturated carbocycles. The summed E-state index contributed by atoms with van der Waals surface area (Å²) < 4.78 is 11.2. The number of carbonyl (C=O) groups is 1. The first-order valence-electron chi connectivity index (χ1n) is 9.69. The van der Waals surface area contributed by atoms with Gasteiger partial charge in [-0.25, -0.2) is 4.79 Å². The summed E-state index contributed by atoms with van der Waals surface area (Å²) >= 11 is 0. The lowest BCUT2D eigenvalue weighted by molar-refractivity contribution is 0.0734. The fraction of sp³-hybridized carbons (Fsp3) is 0.435. The first-order chi connectivity index (χ1) is 12.6. The van der Waals surface area contributed by atoms with Crippen LogP contribution in [0.5, 0.6) is 11.5 Å². The molecule has 26 heavy (non-hydrogen) atoms. The molecule has 2 aromatic carbocycles. The molecular weight excluding hydrogens is 324 g/mol. The second-order valence-electron chi connectivity index (χ2n) is 6.70. The average Bonchev–Trinajstić information content (AvgIpc) is 2.68. The van der Waals surface area contributed by atoms with Crippen LogP contribution in [0.1, 0.15) is 74.7 Å². The number of hydrogen-bond donors (Lipinski definition) is 0. The van der Waals surface area contributed by atoms with E-state index in [9.17, 15) is 4.79 Å². The molecule has 2 aromatic rings. The maximum atomic E-state index is 12.3. The maximum absolute atomic E-state index is 12.3. The van der Waals surface area contributed by atoms with Crippen LogP contribution in [0.4, 0.5) is 0 Å². The van der Waals surface area contributed by atoms with Gasteiger partial charge in [0.1, 0.15) is 11.5 Å². The topological polar surface area (TPSA) is 35.5 Å². The number of ether oxygens (including phenoxy) is 2. The number of esters is 1. The highest BCUT2D eigenvalue weighted by atomic mass is 16.5. The van der Waals surface area contributed by atoms with Gasteiger partial charge >= 0.3 is 5.97 Å². The fourth-order valence-electron chi connectivity index (χ4n) is 2.67. The predicted molar refractivity (Wildman–Crippen MR) is 106 cm³/mol. The molecule has 3 nitrogen and oxygen atoms in total. The molecule has 0 saturated heterocycles. The van der Waals surface area contributed by atoms with Crippen LogP contribution in [0.2, 0.25) is 0 Å². The van der Waals surface area contributed by atoms with Crippen molar-refractivity contribution in [3.63, 3.8) is 0 Å². The zero-order valence-electron chi connectivity index (χ0n) is 16.2. The third-order valence-corrected chi connectivity index (χ3v) is 4.63. The number of benzene rings is 2. The quantitative estimate of drug-likeness (QED) is 0.282. The highest BCUT2D eigenvalue weighted by molar-refractivity contribution is 5.91. The zero-order chi connectivity index (χ0) is 18.8. The highest BCUT2D eigenvalue weighted by Gasteiger charge is 2.10. The molecule has 0 heterocycles. The molecule has 0 radical (unpaired) electrons. The standard InChI is InChI=1S/C23H30O3/c1-4-6-7-8-17-25-21-13-11-20(12-14-21)23(24)26-22-15-9-19(10-16-22)18(3)5-2/h9-16,18H,4-8,17H2,1-3H3. The Labute approximate surface area is 157 Å². The van der Waals surface area contributed by atoms with Crippen LogP contribution in [0, 0.1) is 0 Å². The molecule has 0 spiro atoms. The van der Waals surface area contributed by atoms with Gasteiger partial charge in [-0.2, -0.15) is 0 Å². The van der Waals surface area contributed by atoms with Crippen molar-refractivity contribution in [1.82, 2.24) is 0 Å². The Morgan fingerprint density at radius 2 is 1.54 bits per heavy atom. The minimum Gasteiger partial charge on any atom is -0.494 e. The van der Waals surface area contributed by atoms with Gasteiger partial charge in [0.05, 0.1) is 12.2 Å². The third kappa shape index (κ3) is 6.21. The zero-order valence-corrected chi connectivity index (χ0v) is 16.2. The van der Waals surface area contributed by atoms with Crippen LogP contribution in [-0.4, -0.2) is 12.6 Å². The van der Waals surface area contributed by atoms with E-state index in [1.807, 2.05) is 36.4 Å². The van der Waals surface area contributed by atoms with E-state index in [2.05, 4.69) is 20.8 Å². The minimum absolute atomic E-state index is 0.351. The van der Waals surface area contributed by atoms with Crippen molar-refractivity contribution >= 4 is 5.97 Å². The van der Waals surface area contributed by atoms with Gasteiger partial charge in [0.25, 0.3) is 0 Å². The monoisotopic (exact) mass is 354 g/mol. The van der Waals surface area contributed by atoms with E-state index in [1.54, 1.807) is 12.1 Å². The number of carbonyl (C=O) groups excluding carboxylic acids is 1. The second-order valence-corrected chi connectivity index (χ2v) is 6.70. The highest BCUT2D eigenvalue weighted by Crippen LogP contribution is 2.22.